The Balaban J connectivity index is 2.22. The van der Waals surface area contributed by atoms with Crippen molar-refractivity contribution < 1.29 is 8.42 Å². The van der Waals surface area contributed by atoms with Crippen molar-refractivity contribution in [1.29, 1.82) is 0 Å². The van der Waals surface area contributed by atoms with E-state index in [4.69, 9.17) is 5.73 Å². The molecule has 2 aromatic heterocycles. The largest absolute Gasteiger partial charge is 0.355 e. The number of H-pyrrole nitrogens is 1. The van der Waals surface area contributed by atoms with Crippen LogP contribution in [0.1, 0.15) is 24.9 Å². The van der Waals surface area contributed by atoms with Crippen molar-refractivity contribution in [2.45, 2.75) is 29.5 Å². The minimum absolute atomic E-state index is 0.237. The molecule has 3 rings (SSSR count). The first-order chi connectivity index (χ1) is 11.3. The molecule has 0 aliphatic rings. The highest BCUT2D eigenvalue weighted by Gasteiger charge is 2.30. The number of nitrogens with two attached hydrogens (primary N) is 1. The van der Waals surface area contributed by atoms with Gasteiger partial charge < -0.3 is 10.7 Å². The molecule has 128 valence electrons. The Morgan fingerprint density at radius 1 is 1.25 bits per heavy atom. The first kappa shape index (κ1) is 17.3. The van der Waals surface area contributed by atoms with Gasteiger partial charge in [0.15, 0.2) is 0 Å². The quantitative estimate of drug-likeness (QED) is 0.465. The van der Waals surface area contributed by atoms with Gasteiger partial charge in [-0.3, -0.25) is 4.31 Å². The van der Waals surface area contributed by atoms with Crippen molar-refractivity contribution >= 4 is 50.6 Å². The maximum absolute atomic E-state index is 13.1. The van der Waals surface area contributed by atoms with Crippen LogP contribution in [-0.4, -0.2) is 19.4 Å². The van der Waals surface area contributed by atoms with E-state index in [0.717, 1.165) is 16.6 Å². The number of thiol groups is 1. The summed E-state index contributed by atoms with van der Waals surface area (Å²) >= 11 is 5.46. The van der Waals surface area contributed by atoms with Gasteiger partial charge in [-0.1, -0.05) is 18.2 Å². The highest BCUT2D eigenvalue weighted by Crippen LogP contribution is 2.34. The minimum atomic E-state index is -3.63. The van der Waals surface area contributed by atoms with E-state index in [9.17, 15) is 8.42 Å². The number of nitrogens with one attached hydrogen (secondary N) is 1. The Hall–Kier alpha value is -1.48. The second-order valence-corrected chi connectivity index (χ2v) is 9.28. The third-order valence-electron chi connectivity index (χ3n) is 3.69. The van der Waals surface area contributed by atoms with Gasteiger partial charge in [0, 0.05) is 17.1 Å². The number of hydrogen-bond donors (Lipinski definition) is 3. The van der Waals surface area contributed by atoms with Gasteiger partial charge in [-0.05, 0) is 37.4 Å². The first-order valence-electron chi connectivity index (χ1n) is 7.45. The standard InChI is InChI=1S/C16H19N3O2S3/c1-10(2)19(24(20,21)14-7-4-8-23-14)13-6-3-5-11-9-12(16(17)22)18-15(11)13/h3-10,16,18,22H,17H2,1-2H3. The van der Waals surface area contributed by atoms with Crippen LogP contribution in [0.25, 0.3) is 10.9 Å². The molecule has 24 heavy (non-hydrogen) atoms. The fourth-order valence-corrected chi connectivity index (χ4v) is 5.59. The van der Waals surface area contributed by atoms with E-state index in [2.05, 4.69) is 17.6 Å². The van der Waals surface area contributed by atoms with E-state index in [-0.39, 0.29) is 6.04 Å². The van der Waals surface area contributed by atoms with Gasteiger partial charge in [0.25, 0.3) is 10.0 Å². The minimum Gasteiger partial charge on any atom is -0.355 e. The topological polar surface area (TPSA) is 79.2 Å². The predicted molar refractivity (Wildman–Crippen MR) is 103 cm³/mol. The second kappa shape index (κ2) is 6.44. The number of hydrogen-bond acceptors (Lipinski definition) is 5. The van der Waals surface area contributed by atoms with Crippen LogP contribution < -0.4 is 10.0 Å². The van der Waals surface area contributed by atoms with Crippen LogP contribution in [0.3, 0.4) is 0 Å². The van der Waals surface area contributed by atoms with E-state index in [0.29, 0.717) is 9.90 Å². The number of anilines is 1. The lowest BCUT2D eigenvalue weighted by atomic mass is 10.2. The van der Waals surface area contributed by atoms with Gasteiger partial charge in [-0.15, -0.1) is 11.3 Å². The molecule has 1 atom stereocenters. The van der Waals surface area contributed by atoms with Crippen molar-refractivity contribution in [1.82, 2.24) is 4.98 Å². The summed E-state index contributed by atoms with van der Waals surface area (Å²) in [4.78, 5) is 3.21. The van der Waals surface area contributed by atoms with Crippen molar-refractivity contribution in [3.8, 4) is 0 Å². The number of thiophene rings is 1. The molecule has 8 heteroatoms. The van der Waals surface area contributed by atoms with E-state index < -0.39 is 15.4 Å². The molecule has 0 saturated carbocycles. The average Bonchev–Trinajstić information content (AvgIpc) is 3.17. The molecule has 1 unspecified atom stereocenters. The van der Waals surface area contributed by atoms with Crippen LogP contribution in [0.5, 0.6) is 0 Å². The Morgan fingerprint density at radius 3 is 2.58 bits per heavy atom. The Labute approximate surface area is 150 Å². The third-order valence-corrected chi connectivity index (χ3v) is 7.33. The number of para-hydroxylation sites is 1. The summed E-state index contributed by atoms with van der Waals surface area (Å²) in [5.74, 6) is 0. The normalized spacial score (nSPS) is 13.5. The zero-order valence-electron chi connectivity index (χ0n) is 13.3. The highest BCUT2D eigenvalue weighted by atomic mass is 32.2. The summed E-state index contributed by atoms with van der Waals surface area (Å²) in [6.45, 7) is 3.72. The molecule has 2 heterocycles. The van der Waals surface area contributed by atoms with E-state index in [1.165, 1.54) is 15.6 Å². The molecule has 0 aliphatic carbocycles. The second-order valence-electron chi connectivity index (χ2n) is 5.74. The van der Waals surface area contributed by atoms with E-state index in [1.54, 1.807) is 23.6 Å². The molecule has 0 fully saturated rings. The van der Waals surface area contributed by atoms with Gasteiger partial charge in [-0.25, -0.2) is 8.42 Å². The Morgan fingerprint density at radius 2 is 2.00 bits per heavy atom. The number of benzene rings is 1. The van der Waals surface area contributed by atoms with E-state index >= 15 is 0 Å². The molecule has 3 aromatic rings. The summed E-state index contributed by atoms with van der Waals surface area (Å²) < 4.78 is 28.0. The van der Waals surface area contributed by atoms with Crippen molar-refractivity contribution in [2.75, 3.05) is 4.31 Å². The number of fused-ring (bicyclic) bond motifs is 1. The summed E-state index contributed by atoms with van der Waals surface area (Å²) in [5.41, 5.74) is 7.93. The molecule has 1 aromatic carbocycles. The first-order valence-corrected chi connectivity index (χ1v) is 10.3. The van der Waals surface area contributed by atoms with Crippen LogP contribution in [0.15, 0.2) is 46.0 Å². The Kier molecular flexibility index (Phi) is 4.65. The van der Waals surface area contributed by atoms with Gasteiger partial charge >= 0.3 is 0 Å². The predicted octanol–water partition coefficient (Wildman–Crippen LogP) is 3.72. The number of aromatic nitrogens is 1. The smallest absolute Gasteiger partial charge is 0.274 e. The zero-order chi connectivity index (χ0) is 17.5. The molecule has 0 saturated heterocycles. The van der Waals surface area contributed by atoms with Crippen LogP contribution in [0, 0.1) is 0 Å². The third kappa shape index (κ3) is 2.95. The maximum atomic E-state index is 13.1. The van der Waals surface area contributed by atoms with Crippen LogP contribution in [0.2, 0.25) is 0 Å². The molecule has 0 bridgehead atoms. The van der Waals surface area contributed by atoms with Gasteiger partial charge in [0.1, 0.15) is 4.21 Å². The fourth-order valence-electron chi connectivity index (χ4n) is 2.70. The fraction of sp³-hybridized carbons (Fsp3) is 0.250. The SMILES string of the molecule is CC(C)N(c1cccc2cc(C(N)S)[nH]c12)S(=O)(=O)c1cccs1. The molecule has 0 aliphatic heterocycles. The summed E-state index contributed by atoms with van der Waals surface area (Å²) in [6, 6.07) is 10.6. The summed E-state index contributed by atoms with van der Waals surface area (Å²) in [6.07, 6.45) is 0. The van der Waals surface area contributed by atoms with Crippen molar-refractivity contribution in [3.63, 3.8) is 0 Å². The molecule has 0 amide bonds. The van der Waals surface area contributed by atoms with Crippen molar-refractivity contribution in [2.24, 2.45) is 5.73 Å². The van der Waals surface area contributed by atoms with Crippen molar-refractivity contribution in [3.05, 3.63) is 47.5 Å². The lowest BCUT2D eigenvalue weighted by Crippen LogP contribution is -2.36. The molecular formula is C16H19N3O2S3. The van der Waals surface area contributed by atoms with Crippen LogP contribution in [0.4, 0.5) is 5.69 Å². The van der Waals surface area contributed by atoms with Crippen LogP contribution in [-0.2, 0) is 10.0 Å². The highest BCUT2D eigenvalue weighted by molar-refractivity contribution is 7.94. The number of nitrogens with zero attached hydrogens (tertiary/aromatic N) is 1. The van der Waals surface area contributed by atoms with E-state index in [1.807, 2.05) is 32.0 Å². The Bertz CT molecular complexity index is 944. The monoisotopic (exact) mass is 381 g/mol. The average molecular weight is 382 g/mol. The number of rotatable bonds is 5. The summed E-state index contributed by atoms with van der Waals surface area (Å²) in [7, 11) is -3.63. The van der Waals surface area contributed by atoms with Gasteiger partial charge in [0.2, 0.25) is 0 Å². The molecule has 0 spiro atoms. The maximum Gasteiger partial charge on any atom is 0.274 e. The summed E-state index contributed by atoms with van der Waals surface area (Å²) in [5, 5.41) is 2.21. The lowest BCUT2D eigenvalue weighted by Gasteiger charge is -2.28. The molecule has 5 nitrogen and oxygen atoms in total. The molecule has 0 radical (unpaired) electrons. The number of aromatic amines is 1. The molecular weight excluding hydrogens is 362 g/mol. The zero-order valence-corrected chi connectivity index (χ0v) is 15.8. The van der Waals surface area contributed by atoms with Gasteiger partial charge in [-0.2, -0.15) is 12.6 Å². The van der Waals surface area contributed by atoms with Crippen LogP contribution >= 0.6 is 24.0 Å². The molecule has 3 N–H and O–H groups in total. The van der Waals surface area contributed by atoms with Gasteiger partial charge in [0.05, 0.1) is 16.6 Å². The lowest BCUT2D eigenvalue weighted by molar-refractivity contribution is 0.586. The number of sulfonamides is 1.